The topological polar surface area (TPSA) is 62.1 Å². The van der Waals surface area contributed by atoms with Gasteiger partial charge in [0.05, 0.1) is 6.07 Å². The first-order chi connectivity index (χ1) is 9.20. The van der Waals surface area contributed by atoms with Crippen molar-refractivity contribution in [2.45, 2.75) is 17.7 Å². The van der Waals surface area contributed by atoms with Crippen LogP contribution in [0.4, 0.5) is 5.69 Å². The number of rotatable bonds is 3. The van der Waals surface area contributed by atoms with Crippen molar-refractivity contribution >= 4 is 23.4 Å². The zero-order valence-electron chi connectivity index (χ0n) is 10.8. The van der Waals surface area contributed by atoms with Crippen LogP contribution in [-0.2, 0) is 9.53 Å². The average molecular weight is 276 g/mol. The SMILES string of the molecule is CSc1cccc(NC(=O)C2(C#N)CCOCC2)c1. The van der Waals surface area contributed by atoms with E-state index >= 15 is 0 Å². The number of hydrogen-bond acceptors (Lipinski definition) is 4. The third-order valence-electron chi connectivity index (χ3n) is 3.32. The molecule has 0 aromatic heterocycles. The maximum Gasteiger partial charge on any atom is 0.245 e. The van der Waals surface area contributed by atoms with Gasteiger partial charge in [0.2, 0.25) is 5.91 Å². The van der Waals surface area contributed by atoms with Gasteiger partial charge in [-0.25, -0.2) is 0 Å². The number of hydrogen-bond donors (Lipinski definition) is 1. The van der Waals surface area contributed by atoms with Crippen LogP contribution in [-0.4, -0.2) is 25.4 Å². The maximum atomic E-state index is 12.3. The molecule has 1 N–H and O–H groups in total. The van der Waals surface area contributed by atoms with Gasteiger partial charge < -0.3 is 10.1 Å². The molecule has 1 aliphatic heterocycles. The molecule has 1 fully saturated rings. The number of nitrogens with one attached hydrogen (secondary N) is 1. The number of thioether (sulfide) groups is 1. The number of ether oxygens (including phenoxy) is 1. The van der Waals surface area contributed by atoms with Crippen LogP contribution in [0.1, 0.15) is 12.8 Å². The van der Waals surface area contributed by atoms with E-state index < -0.39 is 5.41 Å². The van der Waals surface area contributed by atoms with Crippen LogP contribution in [0.3, 0.4) is 0 Å². The molecule has 0 aliphatic carbocycles. The standard InChI is InChI=1S/C14H16N2O2S/c1-19-12-4-2-3-11(9-12)16-13(17)14(10-15)5-7-18-8-6-14/h2-4,9H,5-8H2,1H3,(H,16,17). The monoisotopic (exact) mass is 276 g/mol. The molecule has 1 aromatic rings. The molecule has 0 saturated carbocycles. The van der Waals surface area contributed by atoms with Crippen molar-refractivity contribution in [2.75, 3.05) is 24.8 Å². The number of carbonyl (C=O) groups excluding carboxylic acids is 1. The Hall–Kier alpha value is -1.51. The predicted molar refractivity (Wildman–Crippen MR) is 75.0 cm³/mol. The van der Waals surface area contributed by atoms with E-state index in [-0.39, 0.29) is 5.91 Å². The summed E-state index contributed by atoms with van der Waals surface area (Å²) in [6.45, 7) is 0.928. The van der Waals surface area contributed by atoms with E-state index in [2.05, 4.69) is 11.4 Å². The Kier molecular flexibility index (Phi) is 4.46. The van der Waals surface area contributed by atoms with E-state index in [0.29, 0.717) is 26.1 Å². The van der Waals surface area contributed by atoms with E-state index in [1.807, 2.05) is 30.5 Å². The molecule has 100 valence electrons. The van der Waals surface area contributed by atoms with Crippen molar-refractivity contribution in [3.05, 3.63) is 24.3 Å². The van der Waals surface area contributed by atoms with E-state index in [4.69, 9.17) is 4.74 Å². The molecule has 2 rings (SSSR count). The summed E-state index contributed by atoms with van der Waals surface area (Å²) in [6.07, 6.45) is 2.89. The first-order valence-electron chi connectivity index (χ1n) is 6.15. The highest BCUT2D eigenvalue weighted by Gasteiger charge is 2.40. The minimum atomic E-state index is -0.951. The van der Waals surface area contributed by atoms with Gasteiger partial charge in [-0.1, -0.05) is 6.07 Å². The van der Waals surface area contributed by atoms with E-state index in [0.717, 1.165) is 10.6 Å². The molecule has 1 aliphatic rings. The minimum Gasteiger partial charge on any atom is -0.381 e. The Morgan fingerprint density at radius 3 is 2.84 bits per heavy atom. The second-order valence-corrected chi connectivity index (χ2v) is 5.37. The summed E-state index contributed by atoms with van der Waals surface area (Å²) in [5, 5.41) is 12.2. The van der Waals surface area contributed by atoms with Crippen molar-refractivity contribution in [1.82, 2.24) is 0 Å². The van der Waals surface area contributed by atoms with E-state index in [1.165, 1.54) is 0 Å². The number of nitriles is 1. The lowest BCUT2D eigenvalue weighted by molar-refractivity contribution is -0.126. The number of amides is 1. The van der Waals surface area contributed by atoms with Gasteiger partial charge in [0, 0.05) is 23.8 Å². The summed E-state index contributed by atoms with van der Waals surface area (Å²) in [4.78, 5) is 13.4. The van der Waals surface area contributed by atoms with Crippen molar-refractivity contribution in [1.29, 1.82) is 5.26 Å². The molecule has 4 nitrogen and oxygen atoms in total. The molecule has 19 heavy (non-hydrogen) atoms. The summed E-state index contributed by atoms with van der Waals surface area (Å²) in [5.41, 5.74) is -0.217. The zero-order valence-corrected chi connectivity index (χ0v) is 11.6. The van der Waals surface area contributed by atoms with Crippen LogP contribution in [0.15, 0.2) is 29.2 Å². The predicted octanol–water partition coefficient (Wildman–Crippen LogP) is 2.67. The summed E-state index contributed by atoms with van der Waals surface area (Å²) < 4.78 is 5.23. The molecule has 1 heterocycles. The Labute approximate surface area is 117 Å². The first kappa shape index (κ1) is 13.9. The van der Waals surface area contributed by atoms with Crippen LogP contribution in [0.2, 0.25) is 0 Å². The third kappa shape index (κ3) is 3.09. The van der Waals surface area contributed by atoms with Crippen LogP contribution in [0.25, 0.3) is 0 Å². The fourth-order valence-corrected chi connectivity index (χ4v) is 2.52. The minimum absolute atomic E-state index is 0.225. The molecule has 1 amide bonds. The highest BCUT2D eigenvalue weighted by Crippen LogP contribution is 2.31. The van der Waals surface area contributed by atoms with Crippen molar-refractivity contribution in [3.8, 4) is 6.07 Å². The molecule has 1 aromatic carbocycles. The lowest BCUT2D eigenvalue weighted by atomic mass is 9.81. The van der Waals surface area contributed by atoms with Crippen LogP contribution in [0, 0.1) is 16.7 Å². The largest absolute Gasteiger partial charge is 0.381 e. The van der Waals surface area contributed by atoms with E-state index in [9.17, 15) is 10.1 Å². The van der Waals surface area contributed by atoms with Gasteiger partial charge in [0.1, 0.15) is 5.41 Å². The summed E-state index contributed by atoms with van der Waals surface area (Å²) >= 11 is 1.61. The maximum absolute atomic E-state index is 12.3. The number of anilines is 1. The van der Waals surface area contributed by atoms with Crippen molar-refractivity contribution in [2.24, 2.45) is 5.41 Å². The number of carbonyl (C=O) groups is 1. The molecule has 0 bridgehead atoms. The molecular weight excluding hydrogens is 260 g/mol. The molecule has 5 heteroatoms. The lowest BCUT2D eigenvalue weighted by Gasteiger charge is -2.29. The first-order valence-corrected chi connectivity index (χ1v) is 7.37. The Bertz CT molecular complexity index is 504. The number of benzene rings is 1. The van der Waals surface area contributed by atoms with Gasteiger partial charge in [-0.3, -0.25) is 4.79 Å². The second kappa shape index (κ2) is 6.09. The molecule has 0 radical (unpaired) electrons. The molecule has 0 atom stereocenters. The van der Waals surface area contributed by atoms with E-state index in [1.54, 1.807) is 11.8 Å². The fourth-order valence-electron chi connectivity index (χ4n) is 2.06. The Balaban J connectivity index is 2.13. The van der Waals surface area contributed by atoms with Crippen molar-refractivity contribution < 1.29 is 9.53 Å². The van der Waals surface area contributed by atoms with Crippen LogP contribution >= 0.6 is 11.8 Å². The smallest absolute Gasteiger partial charge is 0.245 e. The van der Waals surface area contributed by atoms with Crippen LogP contribution in [0.5, 0.6) is 0 Å². The molecular formula is C14H16N2O2S. The molecule has 1 saturated heterocycles. The van der Waals surface area contributed by atoms with Gasteiger partial charge in [0.15, 0.2) is 0 Å². The van der Waals surface area contributed by atoms with Gasteiger partial charge in [-0.2, -0.15) is 5.26 Å². The highest BCUT2D eigenvalue weighted by atomic mass is 32.2. The Morgan fingerprint density at radius 2 is 2.21 bits per heavy atom. The Morgan fingerprint density at radius 1 is 1.47 bits per heavy atom. The van der Waals surface area contributed by atoms with Crippen molar-refractivity contribution in [3.63, 3.8) is 0 Å². The summed E-state index contributed by atoms with van der Waals surface area (Å²) in [7, 11) is 0. The molecule has 0 spiro atoms. The summed E-state index contributed by atoms with van der Waals surface area (Å²) in [6, 6.07) is 9.79. The zero-order chi connectivity index (χ0) is 13.7. The summed E-state index contributed by atoms with van der Waals surface area (Å²) in [5.74, 6) is -0.225. The van der Waals surface area contributed by atoms with Crippen LogP contribution < -0.4 is 5.32 Å². The molecule has 0 unspecified atom stereocenters. The highest BCUT2D eigenvalue weighted by molar-refractivity contribution is 7.98. The lowest BCUT2D eigenvalue weighted by Crippen LogP contribution is -2.39. The number of nitrogens with zero attached hydrogens (tertiary/aromatic N) is 1. The second-order valence-electron chi connectivity index (χ2n) is 4.49. The fraction of sp³-hybridized carbons (Fsp3) is 0.429. The normalized spacial score (nSPS) is 17.5. The van der Waals surface area contributed by atoms with Gasteiger partial charge >= 0.3 is 0 Å². The van der Waals surface area contributed by atoms with Gasteiger partial charge in [0.25, 0.3) is 0 Å². The average Bonchev–Trinajstić information content (AvgIpc) is 2.48. The third-order valence-corrected chi connectivity index (χ3v) is 4.05. The van der Waals surface area contributed by atoms with Gasteiger partial charge in [-0.05, 0) is 37.3 Å². The van der Waals surface area contributed by atoms with Gasteiger partial charge in [-0.15, -0.1) is 11.8 Å². The quantitative estimate of drug-likeness (QED) is 0.862.